The first kappa shape index (κ1) is 18.1. The highest BCUT2D eigenvalue weighted by Gasteiger charge is 2.12. The van der Waals surface area contributed by atoms with E-state index in [2.05, 4.69) is 9.47 Å². The number of rotatable bonds is 3. The van der Waals surface area contributed by atoms with E-state index in [1.165, 1.54) is 0 Å². The van der Waals surface area contributed by atoms with E-state index in [-0.39, 0.29) is 12.6 Å². The largest absolute Gasteiger partial charge is 0.463 e. The van der Waals surface area contributed by atoms with Gasteiger partial charge in [-0.25, -0.2) is 4.79 Å². The lowest BCUT2D eigenvalue weighted by Crippen LogP contribution is -2.27. The molecule has 0 spiro atoms. The SMILES string of the molecule is CC(C)(C)OC(N)=O.CCC(=O)OCC(C)O. The third-order valence-electron chi connectivity index (χ3n) is 1.18. The van der Waals surface area contributed by atoms with Crippen LogP contribution in [0.5, 0.6) is 0 Å². The van der Waals surface area contributed by atoms with Crippen molar-refractivity contribution >= 4 is 12.1 Å². The van der Waals surface area contributed by atoms with Gasteiger partial charge in [0.1, 0.15) is 12.2 Å². The summed E-state index contributed by atoms with van der Waals surface area (Å²) in [4.78, 5) is 20.4. The first-order valence-corrected chi connectivity index (χ1v) is 5.40. The molecule has 0 aliphatic heterocycles. The normalized spacial score (nSPS) is 11.9. The Hall–Kier alpha value is -1.30. The summed E-state index contributed by atoms with van der Waals surface area (Å²) in [6.07, 6.45) is -0.912. The van der Waals surface area contributed by atoms with Gasteiger partial charge in [-0.2, -0.15) is 0 Å². The van der Waals surface area contributed by atoms with Crippen molar-refractivity contribution in [3.8, 4) is 0 Å². The van der Waals surface area contributed by atoms with Crippen molar-refractivity contribution in [2.24, 2.45) is 5.73 Å². The Bertz CT molecular complexity index is 233. The van der Waals surface area contributed by atoms with E-state index < -0.39 is 17.8 Å². The summed E-state index contributed by atoms with van der Waals surface area (Å²) in [5, 5.41) is 8.62. The summed E-state index contributed by atoms with van der Waals surface area (Å²) in [5.74, 6) is -0.268. The molecule has 0 aromatic rings. The van der Waals surface area contributed by atoms with Crippen LogP contribution in [0.1, 0.15) is 41.0 Å². The van der Waals surface area contributed by atoms with Crippen molar-refractivity contribution in [3.63, 3.8) is 0 Å². The van der Waals surface area contributed by atoms with E-state index in [4.69, 9.17) is 10.8 Å². The minimum Gasteiger partial charge on any atom is -0.463 e. The Morgan fingerprint density at radius 2 is 1.82 bits per heavy atom. The second kappa shape index (κ2) is 8.81. The van der Waals surface area contributed by atoms with Gasteiger partial charge in [-0.05, 0) is 27.7 Å². The van der Waals surface area contributed by atoms with Crippen molar-refractivity contribution in [1.82, 2.24) is 0 Å². The molecule has 1 amide bonds. The highest BCUT2D eigenvalue weighted by molar-refractivity contribution is 5.68. The number of carbonyl (C=O) groups is 2. The first-order valence-electron chi connectivity index (χ1n) is 5.40. The molecule has 0 aromatic carbocycles. The van der Waals surface area contributed by atoms with Crippen LogP contribution in [0.2, 0.25) is 0 Å². The summed E-state index contributed by atoms with van der Waals surface area (Å²) < 4.78 is 9.14. The molecule has 3 N–H and O–H groups in total. The molecule has 0 aliphatic rings. The van der Waals surface area contributed by atoms with Gasteiger partial charge in [-0.3, -0.25) is 4.79 Å². The molecule has 17 heavy (non-hydrogen) atoms. The molecular weight excluding hydrogens is 226 g/mol. The average Bonchev–Trinajstić information content (AvgIpc) is 2.10. The van der Waals surface area contributed by atoms with Crippen LogP contribution < -0.4 is 5.73 Å². The maximum absolute atomic E-state index is 10.4. The molecule has 6 heteroatoms. The number of hydrogen-bond donors (Lipinski definition) is 2. The van der Waals surface area contributed by atoms with Crippen LogP contribution in [0.25, 0.3) is 0 Å². The molecule has 0 rings (SSSR count). The minimum absolute atomic E-state index is 0.104. The Kier molecular flexibility index (Phi) is 9.36. The van der Waals surface area contributed by atoms with Crippen LogP contribution in [0.15, 0.2) is 0 Å². The van der Waals surface area contributed by atoms with Crippen molar-refractivity contribution in [2.45, 2.75) is 52.7 Å². The fraction of sp³-hybridized carbons (Fsp3) is 0.818. The number of esters is 1. The van der Waals surface area contributed by atoms with E-state index in [9.17, 15) is 9.59 Å². The molecule has 1 unspecified atom stereocenters. The summed E-state index contributed by atoms with van der Waals surface area (Å²) in [6, 6.07) is 0. The number of carbonyl (C=O) groups excluding carboxylic acids is 2. The first-order chi connectivity index (χ1) is 7.58. The van der Waals surface area contributed by atoms with Crippen LogP contribution in [-0.2, 0) is 14.3 Å². The fourth-order valence-corrected chi connectivity index (χ4v) is 0.617. The van der Waals surface area contributed by atoms with Gasteiger partial charge in [0, 0.05) is 6.42 Å². The molecule has 6 nitrogen and oxygen atoms in total. The molecule has 0 bridgehead atoms. The molecule has 0 aliphatic carbocycles. The predicted octanol–water partition coefficient (Wildman–Crippen LogP) is 1.20. The Morgan fingerprint density at radius 1 is 1.35 bits per heavy atom. The van der Waals surface area contributed by atoms with E-state index in [0.717, 1.165) is 0 Å². The Balaban J connectivity index is 0. The lowest BCUT2D eigenvalue weighted by atomic mass is 10.2. The van der Waals surface area contributed by atoms with E-state index in [0.29, 0.717) is 6.42 Å². The standard InChI is InChI=1S/C6H12O3.C5H11NO2/c1-3-6(8)9-4-5(2)7;1-5(2,3)8-4(6)7/h5,7H,3-4H2,1-2H3;1-3H3,(H2,6,7). The zero-order valence-corrected chi connectivity index (χ0v) is 11.1. The van der Waals surface area contributed by atoms with Gasteiger partial charge < -0.3 is 20.3 Å². The lowest BCUT2D eigenvalue weighted by molar-refractivity contribution is -0.145. The summed E-state index contributed by atoms with van der Waals surface area (Å²) >= 11 is 0. The molecule has 0 heterocycles. The predicted molar refractivity (Wildman–Crippen MR) is 63.4 cm³/mol. The third kappa shape index (κ3) is 20.7. The van der Waals surface area contributed by atoms with Crippen molar-refractivity contribution in [1.29, 1.82) is 0 Å². The summed E-state index contributed by atoms with van der Waals surface area (Å²) in [7, 11) is 0. The number of ether oxygens (including phenoxy) is 2. The van der Waals surface area contributed by atoms with Gasteiger partial charge in [0.2, 0.25) is 0 Å². The van der Waals surface area contributed by atoms with Gasteiger partial charge in [0.05, 0.1) is 6.10 Å². The molecule has 0 radical (unpaired) electrons. The van der Waals surface area contributed by atoms with Crippen molar-refractivity contribution in [2.75, 3.05) is 6.61 Å². The van der Waals surface area contributed by atoms with Gasteiger partial charge >= 0.3 is 12.1 Å². The second-order valence-electron chi connectivity index (χ2n) is 4.42. The quantitative estimate of drug-likeness (QED) is 0.732. The lowest BCUT2D eigenvalue weighted by Gasteiger charge is -2.16. The van der Waals surface area contributed by atoms with Gasteiger partial charge in [-0.15, -0.1) is 0 Å². The number of aliphatic hydroxyl groups excluding tert-OH is 1. The van der Waals surface area contributed by atoms with Crippen LogP contribution in [0.4, 0.5) is 4.79 Å². The number of amides is 1. The molecule has 1 atom stereocenters. The second-order valence-corrected chi connectivity index (χ2v) is 4.42. The fourth-order valence-electron chi connectivity index (χ4n) is 0.617. The Labute approximate surface area is 102 Å². The monoisotopic (exact) mass is 249 g/mol. The van der Waals surface area contributed by atoms with E-state index >= 15 is 0 Å². The van der Waals surface area contributed by atoms with Crippen LogP contribution in [-0.4, -0.2) is 35.5 Å². The van der Waals surface area contributed by atoms with Gasteiger partial charge in [0.15, 0.2) is 0 Å². The number of hydrogen-bond acceptors (Lipinski definition) is 5. The van der Waals surface area contributed by atoms with Crippen LogP contribution in [0.3, 0.4) is 0 Å². The molecule has 0 fully saturated rings. The molecule has 0 aromatic heterocycles. The molecule has 102 valence electrons. The van der Waals surface area contributed by atoms with Gasteiger partial charge in [-0.1, -0.05) is 6.92 Å². The molecular formula is C11H23NO5. The maximum Gasteiger partial charge on any atom is 0.405 e. The number of nitrogens with two attached hydrogens (primary N) is 1. The van der Waals surface area contributed by atoms with Crippen molar-refractivity contribution < 1.29 is 24.2 Å². The topological polar surface area (TPSA) is 98.9 Å². The Morgan fingerprint density at radius 3 is 2.00 bits per heavy atom. The highest BCUT2D eigenvalue weighted by atomic mass is 16.6. The molecule has 0 saturated carbocycles. The zero-order chi connectivity index (χ0) is 14.1. The summed E-state index contributed by atoms with van der Waals surface area (Å²) in [5.41, 5.74) is 4.26. The van der Waals surface area contributed by atoms with Crippen LogP contribution in [0, 0.1) is 0 Å². The van der Waals surface area contributed by atoms with Crippen LogP contribution >= 0.6 is 0 Å². The smallest absolute Gasteiger partial charge is 0.405 e. The summed E-state index contributed by atoms with van der Waals surface area (Å²) in [6.45, 7) is 8.67. The minimum atomic E-state index is -0.725. The number of aliphatic hydroxyl groups is 1. The van der Waals surface area contributed by atoms with E-state index in [1.54, 1.807) is 34.6 Å². The van der Waals surface area contributed by atoms with Crippen molar-refractivity contribution in [3.05, 3.63) is 0 Å². The highest BCUT2D eigenvalue weighted by Crippen LogP contribution is 2.04. The van der Waals surface area contributed by atoms with E-state index in [1.807, 2.05) is 0 Å². The maximum atomic E-state index is 10.4. The third-order valence-corrected chi connectivity index (χ3v) is 1.18. The number of primary amides is 1. The van der Waals surface area contributed by atoms with Gasteiger partial charge in [0.25, 0.3) is 0 Å². The average molecular weight is 249 g/mol. The molecule has 0 saturated heterocycles. The zero-order valence-electron chi connectivity index (χ0n) is 11.1.